The second kappa shape index (κ2) is 6.16. The largest absolute Gasteiger partial charge is 0.366 e. The van der Waals surface area contributed by atoms with Gasteiger partial charge in [0.15, 0.2) is 0 Å². The van der Waals surface area contributed by atoms with E-state index < -0.39 is 0 Å². The van der Waals surface area contributed by atoms with Gasteiger partial charge in [-0.05, 0) is 28.1 Å². The smallest absolute Gasteiger partial charge is 0.135 e. The van der Waals surface area contributed by atoms with Gasteiger partial charge in [-0.25, -0.2) is 9.97 Å². The van der Waals surface area contributed by atoms with E-state index in [1.165, 1.54) is 6.33 Å². The van der Waals surface area contributed by atoms with Crippen LogP contribution in [-0.4, -0.2) is 16.5 Å². The van der Waals surface area contributed by atoms with E-state index in [4.69, 9.17) is 0 Å². The lowest BCUT2D eigenvalue weighted by Gasteiger charge is -2.08. The molecule has 0 aliphatic rings. The maximum absolute atomic E-state index is 4.17. The van der Waals surface area contributed by atoms with Crippen molar-refractivity contribution in [3.63, 3.8) is 0 Å². The third-order valence-corrected chi connectivity index (χ3v) is 2.92. The fourth-order valence-electron chi connectivity index (χ4n) is 1.40. The lowest BCUT2D eigenvalue weighted by atomic mass is 10.3. The van der Waals surface area contributed by atoms with Gasteiger partial charge in [0.25, 0.3) is 0 Å². The fraction of sp³-hybridized carbons (Fsp3) is 0.0769. The summed E-state index contributed by atoms with van der Waals surface area (Å²) in [5.41, 5.74) is 0.964. The standard InChI is InChI=1S/C13H13BrN4/c1-2-7-15-12-8-13(17-9-16-12)18-11-6-4-3-5-10(11)14/h2-6,8-9H,1,7H2,(H2,15,16,17,18). The van der Waals surface area contributed by atoms with Gasteiger partial charge in [-0.3, -0.25) is 0 Å². The van der Waals surface area contributed by atoms with Crippen LogP contribution in [0.5, 0.6) is 0 Å². The van der Waals surface area contributed by atoms with E-state index in [1.54, 1.807) is 6.08 Å². The van der Waals surface area contributed by atoms with Crippen LogP contribution in [-0.2, 0) is 0 Å². The molecular formula is C13H13BrN4. The Balaban J connectivity index is 2.14. The summed E-state index contributed by atoms with van der Waals surface area (Å²) in [4.78, 5) is 8.29. The monoisotopic (exact) mass is 304 g/mol. The molecule has 2 aromatic rings. The van der Waals surface area contributed by atoms with E-state index in [2.05, 4.69) is 43.1 Å². The summed E-state index contributed by atoms with van der Waals surface area (Å²) in [6.45, 7) is 4.32. The van der Waals surface area contributed by atoms with Crippen LogP contribution in [0.1, 0.15) is 0 Å². The highest BCUT2D eigenvalue weighted by Gasteiger charge is 2.01. The molecule has 0 saturated carbocycles. The van der Waals surface area contributed by atoms with Crippen molar-refractivity contribution in [2.24, 2.45) is 0 Å². The van der Waals surface area contributed by atoms with Crippen LogP contribution in [0.4, 0.5) is 17.3 Å². The Morgan fingerprint density at radius 3 is 2.78 bits per heavy atom. The molecule has 0 bridgehead atoms. The zero-order valence-corrected chi connectivity index (χ0v) is 11.3. The Hall–Kier alpha value is -1.88. The highest BCUT2D eigenvalue weighted by atomic mass is 79.9. The third-order valence-electron chi connectivity index (χ3n) is 2.23. The average Bonchev–Trinajstić information content (AvgIpc) is 2.40. The van der Waals surface area contributed by atoms with Crippen molar-refractivity contribution in [1.82, 2.24) is 9.97 Å². The minimum absolute atomic E-state index is 0.672. The van der Waals surface area contributed by atoms with Crippen LogP contribution in [0.3, 0.4) is 0 Å². The number of halogens is 1. The molecule has 92 valence electrons. The van der Waals surface area contributed by atoms with Gasteiger partial charge >= 0.3 is 0 Å². The van der Waals surface area contributed by atoms with E-state index in [-0.39, 0.29) is 0 Å². The summed E-state index contributed by atoms with van der Waals surface area (Å²) in [6.07, 6.45) is 3.30. The fourth-order valence-corrected chi connectivity index (χ4v) is 1.78. The van der Waals surface area contributed by atoms with Crippen LogP contribution >= 0.6 is 15.9 Å². The number of benzene rings is 1. The Kier molecular flexibility index (Phi) is 4.30. The molecule has 0 radical (unpaired) electrons. The van der Waals surface area contributed by atoms with Gasteiger partial charge in [-0.2, -0.15) is 0 Å². The molecule has 0 atom stereocenters. The molecule has 0 aliphatic carbocycles. The molecule has 2 N–H and O–H groups in total. The molecule has 0 aliphatic heterocycles. The Labute approximate surface area is 114 Å². The predicted octanol–water partition coefficient (Wildman–Crippen LogP) is 3.58. The molecule has 0 amide bonds. The first-order valence-electron chi connectivity index (χ1n) is 5.48. The highest BCUT2D eigenvalue weighted by Crippen LogP contribution is 2.24. The van der Waals surface area contributed by atoms with Crippen molar-refractivity contribution >= 4 is 33.3 Å². The van der Waals surface area contributed by atoms with Crippen LogP contribution in [0, 0.1) is 0 Å². The maximum atomic E-state index is 4.17. The first kappa shape index (κ1) is 12.6. The molecule has 1 heterocycles. The van der Waals surface area contributed by atoms with Crippen molar-refractivity contribution in [1.29, 1.82) is 0 Å². The summed E-state index contributed by atoms with van der Waals surface area (Å²) in [6, 6.07) is 9.73. The topological polar surface area (TPSA) is 49.8 Å². The van der Waals surface area contributed by atoms with Gasteiger partial charge in [0.05, 0.1) is 5.69 Å². The summed E-state index contributed by atoms with van der Waals surface area (Å²) >= 11 is 3.48. The molecule has 0 fully saturated rings. The SMILES string of the molecule is C=CCNc1cc(Nc2ccccc2Br)ncn1. The van der Waals surface area contributed by atoms with Gasteiger partial charge in [0.2, 0.25) is 0 Å². The molecule has 1 aromatic carbocycles. The van der Waals surface area contributed by atoms with Crippen molar-refractivity contribution in [2.45, 2.75) is 0 Å². The molecule has 5 heteroatoms. The summed E-state index contributed by atoms with van der Waals surface area (Å²) < 4.78 is 0.990. The Morgan fingerprint density at radius 1 is 1.22 bits per heavy atom. The number of para-hydroxylation sites is 1. The number of aromatic nitrogens is 2. The molecule has 1 aromatic heterocycles. The van der Waals surface area contributed by atoms with Crippen LogP contribution in [0.2, 0.25) is 0 Å². The predicted molar refractivity (Wildman–Crippen MR) is 78.1 cm³/mol. The summed E-state index contributed by atoms with van der Waals surface area (Å²) in [5, 5.41) is 6.34. The van der Waals surface area contributed by atoms with Crippen molar-refractivity contribution in [3.05, 3.63) is 53.8 Å². The number of hydrogen-bond donors (Lipinski definition) is 2. The van der Waals surface area contributed by atoms with E-state index in [1.807, 2.05) is 30.3 Å². The van der Waals surface area contributed by atoms with Gasteiger partial charge in [-0.1, -0.05) is 18.2 Å². The highest BCUT2D eigenvalue weighted by molar-refractivity contribution is 9.10. The van der Waals surface area contributed by atoms with Crippen LogP contribution < -0.4 is 10.6 Å². The first-order chi connectivity index (χ1) is 8.79. The molecule has 0 unspecified atom stereocenters. The summed E-state index contributed by atoms with van der Waals surface area (Å²) in [5.74, 6) is 1.50. The van der Waals surface area contributed by atoms with Crippen LogP contribution in [0.15, 0.2) is 53.8 Å². The molecule has 0 spiro atoms. The van der Waals surface area contributed by atoms with Gasteiger partial charge < -0.3 is 10.6 Å². The van der Waals surface area contributed by atoms with Crippen molar-refractivity contribution in [2.75, 3.05) is 17.2 Å². The zero-order valence-electron chi connectivity index (χ0n) is 9.73. The quantitative estimate of drug-likeness (QED) is 0.829. The minimum Gasteiger partial charge on any atom is -0.366 e. The summed E-state index contributed by atoms with van der Waals surface area (Å²) in [7, 11) is 0. The van der Waals surface area contributed by atoms with E-state index in [0.717, 1.165) is 21.8 Å². The number of nitrogens with one attached hydrogen (secondary N) is 2. The van der Waals surface area contributed by atoms with E-state index in [0.29, 0.717) is 6.54 Å². The molecular weight excluding hydrogens is 292 g/mol. The molecule has 4 nitrogen and oxygen atoms in total. The Morgan fingerprint density at radius 2 is 2.00 bits per heavy atom. The van der Waals surface area contributed by atoms with Crippen LogP contribution in [0.25, 0.3) is 0 Å². The van der Waals surface area contributed by atoms with E-state index >= 15 is 0 Å². The Bertz CT molecular complexity index is 542. The molecule has 2 rings (SSSR count). The number of rotatable bonds is 5. The van der Waals surface area contributed by atoms with Crippen molar-refractivity contribution < 1.29 is 0 Å². The molecule has 0 saturated heterocycles. The zero-order chi connectivity index (χ0) is 12.8. The number of anilines is 3. The second-order valence-electron chi connectivity index (χ2n) is 3.56. The van der Waals surface area contributed by atoms with E-state index in [9.17, 15) is 0 Å². The average molecular weight is 305 g/mol. The maximum Gasteiger partial charge on any atom is 0.135 e. The minimum atomic E-state index is 0.672. The normalized spacial score (nSPS) is 9.83. The van der Waals surface area contributed by atoms with Gasteiger partial charge in [0, 0.05) is 17.1 Å². The lowest BCUT2D eigenvalue weighted by molar-refractivity contribution is 1.14. The number of nitrogens with zero attached hydrogens (tertiary/aromatic N) is 2. The van der Waals surface area contributed by atoms with Gasteiger partial charge in [0.1, 0.15) is 18.0 Å². The van der Waals surface area contributed by atoms with Gasteiger partial charge in [-0.15, -0.1) is 6.58 Å². The van der Waals surface area contributed by atoms with Crippen molar-refractivity contribution in [3.8, 4) is 0 Å². The molecule has 18 heavy (non-hydrogen) atoms. The lowest BCUT2D eigenvalue weighted by Crippen LogP contribution is -2.02. The number of hydrogen-bond acceptors (Lipinski definition) is 4. The third kappa shape index (κ3) is 3.30. The second-order valence-corrected chi connectivity index (χ2v) is 4.42. The first-order valence-corrected chi connectivity index (χ1v) is 6.27.